The zero-order chi connectivity index (χ0) is 13.4. The largest absolute Gasteiger partial charge is 0.491 e. The van der Waals surface area contributed by atoms with Crippen LogP contribution >= 0.6 is 0 Å². The van der Waals surface area contributed by atoms with Crippen molar-refractivity contribution in [3.63, 3.8) is 0 Å². The second-order valence-electron chi connectivity index (χ2n) is 4.73. The quantitative estimate of drug-likeness (QED) is 0.885. The van der Waals surface area contributed by atoms with Crippen LogP contribution in [0.5, 0.6) is 5.75 Å². The van der Waals surface area contributed by atoms with Crippen molar-refractivity contribution >= 4 is 11.5 Å². The van der Waals surface area contributed by atoms with Gasteiger partial charge in [-0.05, 0) is 12.5 Å². The van der Waals surface area contributed by atoms with Crippen molar-refractivity contribution in [3.05, 3.63) is 35.5 Å². The van der Waals surface area contributed by atoms with Gasteiger partial charge in [0.2, 0.25) is 0 Å². The molecule has 1 atom stereocenters. The Kier molecular flexibility index (Phi) is 2.81. The monoisotopic (exact) mass is 258 g/mol. The average molecular weight is 258 g/mol. The first kappa shape index (κ1) is 11.9. The van der Waals surface area contributed by atoms with Crippen LogP contribution < -0.4 is 15.8 Å². The third-order valence-electron chi connectivity index (χ3n) is 3.51. The van der Waals surface area contributed by atoms with Gasteiger partial charge in [0.15, 0.2) is 0 Å². The van der Waals surface area contributed by atoms with E-state index in [0.29, 0.717) is 6.61 Å². The summed E-state index contributed by atoms with van der Waals surface area (Å²) < 4.78 is 7.46. The molecular formula is C14H18N4O. The van der Waals surface area contributed by atoms with E-state index in [9.17, 15) is 0 Å². The van der Waals surface area contributed by atoms with Crippen molar-refractivity contribution in [2.75, 3.05) is 17.7 Å². The lowest BCUT2D eigenvalue weighted by Gasteiger charge is -2.13. The van der Waals surface area contributed by atoms with Crippen LogP contribution in [0.25, 0.3) is 0 Å². The van der Waals surface area contributed by atoms with E-state index in [-0.39, 0.29) is 6.04 Å². The first-order chi connectivity index (χ1) is 9.20. The highest BCUT2D eigenvalue weighted by molar-refractivity contribution is 5.66. The van der Waals surface area contributed by atoms with Gasteiger partial charge in [-0.15, -0.1) is 0 Å². The topological polar surface area (TPSA) is 65.1 Å². The summed E-state index contributed by atoms with van der Waals surface area (Å²) >= 11 is 0. The number of benzene rings is 1. The van der Waals surface area contributed by atoms with E-state index >= 15 is 0 Å². The molecule has 0 spiro atoms. The number of hydrogen-bond acceptors (Lipinski definition) is 4. The van der Waals surface area contributed by atoms with Crippen LogP contribution in [0.4, 0.5) is 11.5 Å². The fourth-order valence-corrected chi connectivity index (χ4v) is 2.48. The number of ether oxygens (including phenoxy) is 1. The zero-order valence-corrected chi connectivity index (χ0v) is 11.2. The molecule has 0 bridgehead atoms. The molecule has 0 saturated heterocycles. The van der Waals surface area contributed by atoms with Gasteiger partial charge in [-0.1, -0.05) is 25.1 Å². The van der Waals surface area contributed by atoms with Gasteiger partial charge in [0.05, 0.1) is 17.4 Å². The third kappa shape index (κ3) is 1.91. The lowest BCUT2D eigenvalue weighted by molar-refractivity contribution is 0.339. The number of para-hydroxylation sites is 1. The number of aryl methyl sites for hydroxylation is 2. The molecule has 5 heteroatoms. The molecule has 19 heavy (non-hydrogen) atoms. The highest BCUT2D eigenvalue weighted by Gasteiger charge is 2.25. The molecule has 0 fully saturated rings. The maximum Gasteiger partial charge on any atom is 0.148 e. The van der Waals surface area contributed by atoms with Crippen LogP contribution in [0.1, 0.15) is 24.2 Å². The number of fused-ring (bicyclic) bond motifs is 1. The SMILES string of the molecule is CCc1nn(C)c(NC2COc3ccccc32)c1N. The maximum absolute atomic E-state index is 6.13. The summed E-state index contributed by atoms with van der Waals surface area (Å²) in [6.45, 7) is 2.67. The predicted molar refractivity (Wildman–Crippen MR) is 75.3 cm³/mol. The normalized spacial score (nSPS) is 17.1. The Balaban J connectivity index is 1.89. The summed E-state index contributed by atoms with van der Waals surface area (Å²) in [6.07, 6.45) is 0.832. The fraction of sp³-hybridized carbons (Fsp3) is 0.357. The number of hydrogen-bond donors (Lipinski definition) is 2. The summed E-state index contributed by atoms with van der Waals surface area (Å²) in [7, 11) is 1.90. The Bertz CT molecular complexity index is 605. The number of nitrogen functional groups attached to an aromatic ring is 1. The van der Waals surface area contributed by atoms with Crippen molar-refractivity contribution in [2.24, 2.45) is 7.05 Å². The number of aromatic nitrogens is 2. The van der Waals surface area contributed by atoms with Crippen LogP contribution in [0.2, 0.25) is 0 Å². The van der Waals surface area contributed by atoms with Gasteiger partial charge in [-0.3, -0.25) is 4.68 Å². The molecule has 5 nitrogen and oxygen atoms in total. The molecular weight excluding hydrogens is 240 g/mol. The lowest BCUT2D eigenvalue weighted by atomic mass is 10.1. The van der Waals surface area contributed by atoms with Crippen molar-refractivity contribution in [1.29, 1.82) is 0 Å². The predicted octanol–water partition coefficient (Wildman–Crippen LogP) is 2.11. The first-order valence-corrected chi connectivity index (χ1v) is 6.50. The van der Waals surface area contributed by atoms with Crippen molar-refractivity contribution < 1.29 is 4.74 Å². The molecule has 3 rings (SSSR count). The molecule has 1 aliphatic rings. The summed E-state index contributed by atoms with van der Waals surface area (Å²) in [4.78, 5) is 0. The molecule has 0 radical (unpaired) electrons. The van der Waals surface area contributed by atoms with Crippen molar-refractivity contribution in [3.8, 4) is 5.75 Å². The smallest absolute Gasteiger partial charge is 0.148 e. The van der Waals surface area contributed by atoms with Gasteiger partial charge in [-0.25, -0.2) is 0 Å². The third-order valence-corrected chi connectivity index (χ3v) is 3.51. The van der Waals surface area contributed by atoms with Gasteiger partial charge >= 0.3 is 0 Å². The Labute approximate surface area is 112 Å². The molecule has 1 unspecified atom stereocenters. The molecule has 3 N–H and O–H groups in total. The number of rotatable bonds is 3. The fourth-order valence-electron chi connectivity index (χ4n) is 2.48. The van der Waals surface area contributed by atoms with Crippen LogP contribution in [0.15, 0.2) is 24.3 Å². The van der Waals surface area contributed by atoms with Gasteiger partial charge in [-0.2, -0.15) is 5.10 Å². The van der Waals surface area contributed by atoms with E-state index in [2.05, 4.69) is 23.4 Å². The van der Waals surface area contributed by atoms with Gasteiger partial charge in [0.25, 0.3) is 0 Å². The molecule has 1 aromatic heterocycles. The Morgan fingerprint density at radius 2 is 2.26 bits per heavy atom. The van der Waals surface area contributed by atoms with E-state index in [1.165, 1.54) is 5.56 Å². The molecule has 0 saturated carbocycles. The van der Waals surface area contributed by atoms with Crippen LogP contribution in [-0.4, -0.2) is 16.4 Å². The highest BCUT2D eigenvalue weighted by Crippen LogP contribution is 2.35. The summed E-state index contributed by atoms with van der Waals surface area (Å²) in [5, 5.41) is 7.85. The molecule has 0 aliphatic carbocycles. The van der Waals surface area contributed by atoms with Crippen molar-refractivity contribution in [1.82, 2.24) is 9.78 Å². The Morgan fingerprint density at radius 1 is 1.47 bits per heavy atom. The molecule has 2 aromatic rings. The number of nitrogens with zero attached hydrogens (tertiary/aromatic N) is 2. The average Bonchev–Trinajstić information content (AvgIpc) is 2.95. The zero-order valence-electron chi connectivity index (χ0n) is 11.2. The first-order valence-electron chi connectivity index (χ1n) is 6.50. The van der Waals surface area contributed by atoms with E-state index < -0.39 is 0 Å². The number of anilines is 2. The molecule has 0 amide bonds. The number of nitrogens with two attached hydrogens (primary N) is 1. The molecule has 100 valence electrons. The summed E-state index contributed by atoms with van der Waals surface area (Å²) in [5.74, 6) is 1.80. The second-order valence-corrected chi connectivity index (χ2v) is 4.73. The maximum atomic E-state index is 6.13. The minimum Gasteiger partial charge on any atom is -0.491 e. The molecule has 1 aliphatic heterocycles. The van der Waals surface area contributed by atoms with Crippen molar-refractivity contribution in [2.45, 2.75) is 19.4 Å². The summed E-state index contributed by atoms with van der Waals surface area (Å²) in [5.41, 5.74) is 8.95. The van der Waals surface area contributed by atoms with E-state index in [0.717, 1.165) is 29.4 Å². The minimum atomic E-state index is 0.124. The van der Waals surface area contributed by atoms with Crippen LogP contribution in [0.3, 0.4) is 0 Å². The highest BCUT2D eigenvalue weighted by atomic mass is 16.5. The second kappa shape index (κ2) is 4.50. The molecule has 1 aromatic carbocycles. The number of nitrogens with one attached hydrogen (secondary N) is 1. The minimum absolute atomic E-state index is 0.124. The van der Waals surface area contributed by atoms with Crippen LogP contribution in [-0.2, 0) is 13.5 Å². The Hall–Kier alpha value is -2.17. The van der Waals surface area contributed by atoms with E-state index in [4.69, 9.17) is 10.5 Å². The van der Waals surface area contributed by atoms with E-state index in [1.807, 2.05) is 25.2 Å². The van der Waals surface area contributed by atoms with E-state index in [1.54, 1.807) is 4.68 Å². The van der Waals surface area contributed by atoms with Gasteiger partial charge in [0, 0.05) is 12.6 Å². The van der Waals surface area contributed by atoms with Gasteiger partial charge < -0.3 is 15.8 Å². The standard InChI is InChI=1S/C14H18N4O/c1-3-10-13(15)14(18(2)17-10)16-11-8-19-12-7-5-4-6-9(11)12/h4-7,11,16H,3,8,15H2,1-2H3. The summed E-state index contributed by atoms with van der Waals surface area (Å²) in [6, 6.07) is 8.19. The molecule has 2 heterocycles. The Morgan fingerprint density at radius 3 is 3.00 bits per heavy atom. The lowest BCUT2D eigenvalue weighted by Crippen LogP contribution is -2.15. The van der Waals surface area contributed by atoms with Gasteiger partial charge in [0.1, 0.15) is 18.2 Å². The van der Waals surface area contributed by atoms with Crippen LogP contribution in [0, 0.1) is 0 Å².